The lowest BCUT2D eigenvalue weighted by atomic mass is 9.98. The van der Waals surface area contributed by atoms with Crippen molar-refractivity contribution in [3.63, 3.8) is 0 Å². The normalized spacial score (nSPS) is 10.5. The summed E-state index contributed by atoms with van der Waals surface area (Å²) in [4.78, 5) is 0. The van der Waals surface area contributed by atoms with Gasteiger partial charge in [-0.2, -0.15) is 0 Å². The van der Waals surface area contributed by atoms with Crippen LogP contribution in [0.5, 0.6) is 5.75 Å². The monoisotopic (exact) mass is 415 g/mol. The van der Waals surface area contributed by atoms with Gasteiger partial charge in [0, 0.05) is 0 Å². The molecular weight excluding hydrogens is 392 g/mol. The molecule has 0 aliphatic carbocycles. The maximum absolute atomic E-state index is 5.79. The zero-order valence-electron chi connectivity index (χ0n) is 13.6. The zero-order valence-corrected chi connectivity index (χ0v) is 15.7. The van der Waals surface area contributed by atoms with Crippen molar-refractivity contribution in [1.29, 1.82) is 0 Å². The summed E-state index contributed by atoms with van der Waals surface area (Å²) in [6, 6.07) is 8.81. The number of pyridine rings is 1. The van der Waals surface area contributed by atoms with Gasteiger partial charge in [0.05, 0.1) is 15.7 Å². The van der Waals surface area contributed by atoms with Crippen LogP contribution in [0, 0.1) is 3.57 Å². The highest BCUT2D eigenvalue weighted by Crippen LogP contribution is 2.32. The van der Waals surface area contributed by atoms with Gasteiger partial charge in [-0.15, -0.1) is 0 Å². The molecule has 4 heteroatoms. The minimum Gasteiger partial charge on any atom is -1.00 e. The molecule has 0 saturated heterocycles. The molecule has 0 amide bonds. The summed E-state index contributed by atoms with van der Waals surface area (Å²) in [5.41, 5.74) is 3.87. The SMILES string of the molecule is CCOc1c[n+](CC)cc(-c2cccc(C(C)C)c2)c1I.[F-]. The van der Waals surface area contributed by atoms with Crippen LogP contribution in [0.3, 0.4) is 0 Å². The van der Waals surface area contributed by atoms with Gasteiger partial charge in [0.25, 0.3) is 0 Å². The van der Waals surface area contributed by atoms with Crippen LogP contribution in [-0.2, 0) is 6.54 Å². The Morgan fingerprint density at radius 1 is 1.18 bits per heavy atom. The van der Waals surface area contributed by atoms with Crippen molar-refractivity contribution in [2.75, 3.05) is 6.61 Å². The maximum Gasteiger partial charge on any atom is 0.212 e. The zero-order chi connectivity index (χ0) is 15.4. The van der Waals surface area contributed by atoms with Crippen molar-refractivity contribution < 1.29 is 14.0 Å². The van der Waals surface area contributed by atoms with Gasteiger partial charge in [0.1, 0.15) is 6.54 Å². The minimum absolute atomic E-state index is 0. The number of rotatable bonds is 5. The first-order chi connectivity index (χ1) is 10.1. The number of aryl methyl sites for hydroxylation is 1. The molecule has 2 rings (SSSR count). The summed E-state index contributed by atoms with van der Waals surface area (Å²) < 4.78 is 9.16. The summed E-state index contributed by atoms with van der Waals surface area (Å²) in [5.74, 6) is 1.50. The second-order valence-electron chi connectivity index (χ2n) is 5.39. The molecule has 2 nitrogen and oxygen atoms in total. The van der Waals surface area contributed by atoms with Crippen molar-refractivity contribution in [3.8, 4) is 16.9 Å². The molecule has 2 aromatic rings. The van der Waals surface area contributed by atoms with Gasteiger partial charge < -0.3 is 9.44 Å². The lowest BCUT2D eigenvalue weighted by Crippen LogP contribution is -3.00. The van der Waals surface area contributed by atoms with Crippen LogP contribution in [0.15, 0.2) is 36.7 Å². The van der Waals surface area contributed by atoms with Crippen LogP contribution in [-0.4, -0.2) is 6.61 Å². The van der Waals surface area contributed by atoms with E-state index in [0.29, 0.717) is 12.5 Å². The third-order valence-corrected chi connectivity index (χ3v) is 4.67. The van der Waals surface area contributed by atoms with E-state index in [9.17, 15) is 0 Å². The van der Waals surface area contributed by atoms with Crippen LogP contribution in [0.4, 0.5) is 0 Å². The molecule has 0 aliphatic rings. The summed E-state index contributed by atoms with van der Waals surface area (Å²) in [6.45, 7) is 10.3. The van der Waals surface area contributed by atoms with Crippen molar-refractivity contribution in [1.82, 2.24) is 0 Å². The van der Waals surface area contributed by atoms with Crippen LogP contribution < -0.4 is 14.0 Å². The van der Waals surface area contributed by atoms with Crippen LogP contribution in [0.25, 0.3) is 11.1 Å². The molecule has 1 heterocycles. The van der Waals surface area contributed by atoms with E-state index in [1.165, 1.54) is 20.3 Å². The van der Waals surface area contributed by atoms with E-state index in [-0.39, 0.29) is 4.70 Å². The highest BCUT2D eigenvalue weighted by molar-refractivity contribution is 14.1. The van der Waals surface area contributed by atoms with Crippen molar-refractivity contribution in [2.24, 2.45) is 0 Å². The lowest BCUT2D eigenvalue weighted by Gasteiger charge is -2.11. The average molecular weight is 415 g/mol. The quantitative estimate of drug-likeness (QED) is 0.536. The number of ether oxygens (including phenoxy) is 1. The number of nitrogens with zero attached hydrogens (tertiary/aromatic N) is 1. The Hall–Kier alpha value is -1.17. The van der Waals surface area contributed by atoms with Crippen LogP contribution >= 0.6 is 22.6 Å². The molecule has 1 aromatic carbocycles. The van der Waals surface area contributed by atoms with Gasteiger partial charge in [0.15, 0.2) is 11.9 Å². The Balaban J connectivity index is 0.00000242. The average Bonchev–Trinajstić information content (AvgIpc) is 2.49. The predicted octanol–water partition coefficient (Wildman–Crippen LogP) is 1.79. The van der Waals surface area contributed by atoms with E-state index in [2.05, 4.69) is 84.6 Å². The Labute approximate surface area is 146 Å². The number of benzene rings is 1. The summed E-state index contributed by atoms with van der Waals surface area (Å²) in [7, 11) is 0. The number of aromatic nitrogens is 1. The second-order valence-corrected chi connectivity index (χ2v) is 6.47. The molecule has 0 fully saturated rings. The van der Waals surface area contributed by atoms with Gasteiger partial charge in [-0.05, 0) is 53.5 Å². The topological polar surface area (TPSA) is 13.1 Å². The van der Waals surface area contributed by atoms with E-state index < -0.39 is 0 Å². The van der Waals surface area contributed by atoms with Crippen LogP contribution in [0.2, 0.25) is 0 Å². The Morgan fingerprint density at radius 2 is 1.91 bits per heavy atom. The summed E-state index contributed by atoms with van der Waals surface area (Å²) in [6.07, 6.45) is 4.30. The molecule has 0 aliphatic heterocycles. The molecule has 120 valence electrons. The molecule has 1 aromatic heterocycles. The number of hydrogen-bond donors (Lipinski definition) is 0. The third-order valence-electron chi connectivity index (χ3n) is 3.56. The van der Waals surface area contributed by atoms with Gasteiger partial charge in [-0.1, -0.05) is 38.1 Å². The fourth-order valence-corrected chi connectivity index (χ4v) is 3.05. The fourth-order valence-electron chi connectivity index (χ4n) is 2.31. The lowest BCUT2D eigenvalue weighted by molar-refractivity contribution is -0.693. The van der Waals surface area contributed by atoms with Crippen molar-refractivity contribution in [2.45, 2.75) is 40.2 Å². The van der Waals surface area contributed by atoms with E-state index in [1.54, 1.807) is 0 Å². The molecule has 0 saturated carbocycles. The van der Waals surface area contributed by atoms with Gasteiger partial charge in [-0.25, -0.2) is 4.57 Å². The van der Waals surface area contributed by atoms with E-state index in [0.717, 1.165) is 12.3 Å². The molecule has 22 heavy (non-hydrogen) atoms. The van der Waals surface area contributed by atoms with Crippen molar-refractivity contribution >= 4 is 22.6 Å². The van der Waals surface area contributed by atoms with Crippen LogP contribution in [0.1, 0.15) is 39.2 Å². The highest BCUT2D eigenvalue weighted by Gasteiger charge is 2.16. The Kier molecular flexibility index (Phi) is 7.26. The second kappa shape index (κ2) is 8.46. The largest absolute Gasteiger partial charge is 1.00 e. The Bertz CT molecular complexity index is 628. The number of hydrogen-bond acceptors (Lipinski definition) is 1. The smallest absolute Gasteiger partial charge is 0.212 e. The van der Waals surface area contributed by atoms with Gasteiger partial charge in [0.2, 0.25) is 6.20 Å². The molecule has 0 bridgehead atoms. The highest BCUT2D eigenvalue weighted by atomic mass is 127. The molecule has 0 radical (unpaired) electrons. The number of halogens is 2. The molecule has 0 unspecified atom stereocenters. The molecule has 0 atom stereocenters. The standard InChI is InChI=1S/C18H23INO.FH/c1-5-20-11-16(18(19)17(12-20)21-6-2)15-9-7-8-14(10-15)13(3)4;/h7-13H,5-6H2,1-4H3;1H/q+1;/p-1. The van der Waals surface area contributed by atoms with Crippen molar-refractivity contribution in [3.05, 3.63) is 45.8 Å². The molecule has 0 spiro atoms. The summed E-state index contributed by atoms with van der Waals surface area (Å²) >= 11 is 2.39. The van der Waals surface area contributed by atoms with E-state index in [1.807, 2.05) is 6.92 Å². The maximum atomic E-state index is 5.79. The first-order valence-electron chi connectivity index (χ1n) is 7.52. The van der Waals surface area contributed by atoms with Gasteiger partial charge >= 0.3 is 0 Å². The summed E-state index contributed by atoms with van der Waals surface area (Å²) in [5, 5.41) is 0. The Morgan fingerprint density at radius 3 is 2.50 bits per heavy atom. The fraction of sp³-hybridized carbons (Fsp3) is 0.389. The van der Waals surface area contributed by atoms with Gasteiger partial charge in [-0.3, -0.25) is 0 Å². The van der Waals surface area contributed by atoms with E-state index in [4.69, 9.17) is 4.74 Å². The molecular formula is C18H23FINO. The predicted molar refractivity (Wildman–Crippen MR) is 95.7 cm³/mol. The molecule has 0 N–H and O–H groups in total. The van der Waals surface area contributed by atoms with E-state index >= 15 is 0 Å². The first kappa shape index (κ1) is 18.9. The third kappa shape index (κ3) is 4.18. The first-order valence-corrected chi connectivity index (χ1v) is 8.60. The minimum atomic E-state index is 0.